The van der Waals surface area contributed by atoms with Crippen LogP contribution in [-0.2, 0) is 9.53 Å². The molecule has 0 spiro atoms. The molecule has 56 valence electrons. The molecule has 0 saturated heterocycles. The molecule has 2 N–H and O–H groups in total. The number of halogens is 2. The summed E-state index contributed by atoms with van der Waals surface area (Å²) in [6.45, 7) is -0.0312. The highest BCUT2D eigenvalue weighted by molar-refractivity contribution is 6.40. The molecule has 0 aromatic carbocycles. The van der Waals surface area contributed by atoms with Crippen molar-refractivity contribution in [1.29, 1.82) is 0 Å². The molecule has 0 bridgehead atoms. The molecule has 0 radical (unpaired) electrons. The van der Waals surface area contributed by atoms with Gasteiger partial charge in [-0.05, 0) is 0 Å². The zero-order chi connectivity index (χ0) is 7.70. The molecule has 5 heteroatoms. The summed E-state index contributed by atoms with van der Waals surface area (Å²) in [6.07, 6.45) is 0. The van der Waals surface area contributed by atoms with Crippen LogP contribution in [0.4, 0.5) is 0 Å². The molecule has 3 nitrogen and oxygen atoms in total. The third-order valence-electron chi connectivity index (χ3n) is 0.394. The van der Waals surface area contributed by atoms with Gasteiger partial charge in [-0.15, -0.1) is 23.2 Å². The molecule has 0 aliphatic heterocycles. The Labute approximate surface area is 64.1 Å². The summed E-state index contributed by atoms with van der Waals surface area (Å²) in [5.74, 6) is -0.380. The largest absolute Gasteiger partial charge is 0.468 e. The first-order chi connectivity index (χ1) is 4.22. The topological polar surface area (TPSA) is 52.3 Å². The van der Waals surface area contributed by atoms with Gasteiger partial charge < -0.3 is 10.5 Å². The molecule has 0 amide bonds. The second-order valence-electron chi connectivity index (χ2n) is 0.881. The summed E-state index contributed by atoms with van der Waals surface area (Å²) in [5, 5.41) is 0.194. The Morgan fingerprint density at radius 2 is 2.00 bits per heavy atom. The summed E-state index contributed by atoms with van der Waals surface area (Å²) in [6, 6.07) is 0. The van der Waals surface area contributed by atoms with Crippen molar-refractivity contribution in [2.24, 2.45) is 5.73 Å². The van der Waals surface area contributed by atoms with Crippen LogP contribution in [0.3, 0.4) is 0 Å². The first-order valence-electron chi connectivity index (χ1n) is 2.11. The quantitative estimate of drug-likeness (QED) is 0.466. The van der Waals surface area contributed by atoms with Crippen molar-refractivity contribution in [1.82, 2.24) is 0 Å². The van der Waals surface area contributed by atoms with Crippen LogP contribution in [0.1, 0.15) is 0 Å². The number of rotatable bonds is 1. The van der Waals surface area contributed by atoms with Gasteiger partial charge in [0.05, 0.1) is 19.0 Å². The maximum Gasteiger partial charge on any atom is 0.319 e. The monoisotopic (exact) mass is 173 g/mol. The van der Waals surface area contributed by atoms with Gasteiger partial charge in [0.25, 0.3) is 0 Å². The zero-order valence-corrected chi connectivity index (χ0v) is 6.58. The predicted molar refractivity (Wildman–Crippen MR) is 37.6 cm³/mol. The molecule has 0 aliphatic carbocycles. The summed E-state index contributed by atoms with van der Waals surface area (Å²) < 4.78 is 4.14. The van der Waals surface area contributed by atoms with Gasteiger partial charge in [-0.2, -0.15) is 0 Å². The molecule has 0 heterocycles. The minimum atomic E-state index is -0.380. The van der Waals surface area contributed by atoms with Crippen LogP contribution in [0.2, 0.25) is 0 Å². The number of alkyl halides is 2. The minimum absolute atomic E-state index is 0.0312. The lowest BCUT2D eigenvalue weighted by Gasteiger charge is -1.87. The fraction of sp³-hybridized carbons (Fsp3) is 0.750. The van der Waals surface area contributed by atoms with Gasteiger partial charge in [-0.1, -0.05) is 0 Å². The number of ether oxygens (including phenoxy) is 1. The smallest absolute Gasteiger partial charge is 0.319 e. The van der Waals surface area contributed by atoms with Crippen molar-refractivity contribution in [2.75, 3.05) is 19.0 Å². The molecule has 0 rings (SSSR count). The Bertz CT molecular complexity index is 63.6. The standard InChI is InChI=1S/C3H7NO2.CH2Cl2/c1-6-3(5)2-4;2-1-3/h2,4H2,1H3;1H2. The van der Waals surface area contributed by atoms with E-state index in [1.807, 2.05) is 0 Å². The van der Waals surface area contributed by atoms with E-state index in [0.717, 1.165) is 0 Å². The molecule has 0 fully saturated rings. The Kier molecular flexibility index (Phi) is 14.2. The van der Waals surface area contributed by atoms with Crippen molar-refractivity contribution in [3.05, 3.63) is 0 Å². The second-order valence-corrected chi connectivity index (χ2v) is 1.69. The highest BCUT2D eigenvalue weighted by Gasteiger charge is 1.87. The van der Waals surface area contributed by atoms with E-state index in [1.54, 1.807) is 0 Å². The summed E-state index contributed by atoms with van der Waals surface area (Å²) in [4.78, 5) is 9.83. The number of hydrogen-bond acceptors (Lipinski definition) is 3. The van der Waals surface area contributed by atoms with Crippen LogP contribution < -0.4 is 5.73 Å². The van der Waals surface area contributed by atoms with Gasteiger partial charge in [0, 0.05) is 0 Å². The number of nitrogens with two attached hydrogens (primary N) is 1. The van der Waals surface area contributed by atoms with Gasteiger partial charge in [0.15, 0.2) is 0 Å². The van der Waals surface area contributed by atoms with E-state index < -0.39 is 0 Å². The predicted octanol–water partition coefficient (Wildman–Crippen LogP) is 0.540. The Balaban J connectivity index is 0. The van der Waals surface area contributed by atoms with E-state index in [0.29, 0.717) is 0 Å². The maximum absolute atomic E-state index is 9.83. The van der Waals surface area contributed by atoms with Gasteiger partial charge in [-0.25, -0.2) is 0 Å². The van der Waals surface area contributed by atoms with Crippen molar-refractivity contribution < 1.29 is 9.53 Å². The lowest BCUT2D eigenvalue weighted by molar-refractivity contribution is -0.138. The first-order valence-corrected chi connectivity index (χ1v) is 3.18. The molecule has 0 unspecified atom stereocenters. The molecular weight excluding hydrogens is 165 g/mol. The fourth-order valence-electron chi connectivity index (χ4n) is 0.0833. The number of carbonyl (C=O) groups excluding carboxylic acids is 1. The number of carbonyl (C=O) groups is 1. The Morgan fingerprint density at radius 1 is 1.67 bits per heavy atom. The van der Waals surface area contributed by atoms with Crippen LogP contribution in [0.15, 0.2) is 0 Å². The summed E-state index contributed by atoms with van der Waals surface area (Å²) in [7, 11) is 1.30. The minimum Gasteiger partial charge on any atom is -0.468 e. The molecule has 0 aromatic rings. The Hall–Kier alpha value is 0.01000. The highest BCUT2D eigenvalue weighted by atomic mass is 35.5. The van der Waals surface area contributed by atoms with Crippen molar-refractivity contribution >= 4 is 29.2 Å². The van der Waals surface area contributed by atoms with Crippen LogP contribution in [0.5, 0.6) is 0 Å². The summed E-state index contributed by atoms with van der Waals surface area (Å²) in [5.41, 5.74) is 4.81. The molecular formula is C4H9Cl2NO2. The van der Waals surface area contributed by atoms with Crippen LogP contribution in [0.25, 0.3) is 0 Å². The molecule has 0 aliphatic rings. The number of esters is 1. The van der Waals surface area contributed by atoms with Gasteiger partial charge in [0.1, 0.15) is 0 Å². The van der Waals surface area contributed by atoms with Crippen LogP contribution >= 0.6 is 23.2 Å². The summed E-state index contributed by atoms with van der Waals surface area (Å²) >= 11 is 9.53. The zero-order valence-electron chi connectivity index (χ0n) is 5.06. The fourth-order valence-corrected chi connectivity index (χ4v) is 0.0833. The average Bonchev–Trinajstić information content (AvgIpc) is 1.88. The first kappa shape index (κ1) is 11.8. The lowest BCUT2D eigenvalue weighted by atomic mass is 10.7. The van der Waals surface area contributed by atoms with Crippen LogP contribution in [-0.4, -0.2) is 25.0 Å². The molecule has 0 saturated carbocycles. The van der Waals surface area contributed by atoms with Gasteiger partial charge >= 0.3 is 5.97 Å². The normalized spacial score (nSPS) is 7.11. The van der Waals surface area contributed by atoms with Crippen molar-refractivity contribution in [2.45, 2.75) is 0 Å². The second kappa shape index (κ2) is 10.9. The van der Waals surface area contributed by atoms with Crippen molar-refractivity contribution in [3.63, 3.8) is 0 Å². The SMILES string of the molecule is COC(=O)CN.ClCCl. The number of methoxy groups -OCH3 is 1. The third kappa shape index (κ3) is 18.0. The maximum atomic E-state index is 9.83. The third-order valence-corrected chi connectivity index (χ3v) is 0.394. The van der Waals surface area contributed by atoms with E-state index in [9.17, 15) is 4.79 Å². The van der Waals surface area contributed by atoms with Crippen LogP contribution in [0, 0.1) is 0 Å². The van der Waals surface area contributed by atoms with Gasteiger partial charge in [-0.3, -0.25) is 4.79 Å². The lowest BCUT2D eigenvalue weighted by Crippen LogP contribution is -2.14. The van der Waals surface area contributed by atoms with E-state index in [-0.39, 0.29) is 17.9 Å². The number of hydrogen-bond donors (Lipinski definition) is 1. The highest BCUT2D eigenvalue weighted by Crippen LogP contribution is 1.73. The molecule has 0 atom stereocenters. The van der Waals surface area contributed by atoms with Crippen molar-refractivity contribution in [3.8, 4) is 0 Å². The van der Waals surface area contributed by atoms with E-state index in [1.165, 1.54) is 7.11 Å². The van der Waals surface area contributed by atoms with E-state index >= 15 is 0 Å². The van der Waals surface area contributed by atoms with E-state index in [2.05, 4.69) is 4.74 Å². The average molecular weight is 174 g/mol. The Morgan fingerprint density at radius 3 is 2.00 bits per heavy atom. The molecule has 0 aromatic heterocycles. The van der Waals surface area contributed by atoms with Gasteiger partial charge in [0.2, 0.25) is 0 Å². The molecule has 9 heavy (non-hydrogen) atoms. The van der Waals surface area contributed by atoms with E-state index in [4.69, 9.17) is 28.9 Å².